The van der Waals surface area contributed by atoms with Crippen LogP contribution in [-0.2, 0) is 16.0 Å². The standard InChI is InChI=1S/C23H36N6O2/c24-21-15-20(26-27-21)23(31)28-13-9-19(10-14-28)29-12-4-7-18(16-29)22(30)25-11-8-17-5-2-1-3-6-17/h1-3,5-6,18-21,26-27H,4,7-16,24H2,(H,25,30). The van der Waals surface area contributed by atoms with Crippen LogP contribution in [0.4, 0.5) is 0 Å². The number of hydrazine groups is 1. The van der Waals surface area contributed by atoms with E-state index in [2.05, 4.69) is 33.2 Å². The number of nitrogens with zero attached hydrogens (tertiary/aromatic N) is 2. The molecule has 170 valence electrons. The molecule has 8 nitrogen and oxygen atoms in total. The van der Waals surface area contributed by atoms with Crippen molar-refractivity contribution in [2.24, 2.45) is 11.7 Å². The summed E-state index contributed by atoms with van der Waals surface area (Å²) in [4.78, 5) is 29.8. The number of hydrogen-bond acceptors (Lipinski definition) is 6. The van der Waals surface area contributed by atoms with E-state index < -0.39 is 0 Å². The molecule has 0 spiro atoms. The molecule has 1 aromatic rings. The summed E-state index contributed by atoms with van der Waals surface area (Å²) in [5.41, 5.74) is 13.0. The van der Waals surface area contributed by atoms with Crippen LogP contribution in [0.3, 0.4) is 0 Å². The number of hydrogen-bond donors (Lipinski definition) is 4. The van der Waals surface area contributed by atoms with E-state index >= 15 is 0 Å². The lowest BCUT2D eigenvalue weighted by Gasteiger charge is -2.42. The highest BCUT2D eigenvalue weighted by Gasteiger charge is 2.35. The van der Waals surface area contributed by atoms with Gasteiger partial charge in [-0.05, 0) is 44.2 Å². The van der Waals surface area contributed by atoms with Crippen LogP contribution in [0.15, 0.2) is 30.3 Å². The number of piperidine rings is 2. The summed E-state index contributed by atoms with van der Waals surface area (Å²) in [5.74, 6) is 0.400. The van der Waals surface area contributed by atoms with Crippen LogP contribution in [0.5, 0.6) is 0 Å². The normalized spacial score (nSPS) is 27.9. The summed E-state index contributed by atoms with van der Waals surface area (Å²) in [6.07, 6.45) is 5.31. The van der Waals surface area contributed by atoms with Gasteiger partial charge in [0.05, 0.1) is 12.1 Å². The molecule has 3 aliphatic heterocycles. The molecular weight excluding hydrogens is 392 g/mol. The molecule has 0 saturated carbocycles. The minimum absolute atomic E-state index is 0.0689. The number of nitrogens with two attached hydrogens (primary N) is 1. The Bertz CT molecular complexity index is 737. The van der Waals surface area contributed by atoms with Crippen molar-refractivity contribution in [2.45, 2.75) is 56.8 Å². The maximum absolute atomic E-state index is 12.7. The van der Waals surface area contributed by atoms with Gasteiger partial charge in [-0.1, -0.05) is 30.3 Å². The van der Waals surface area contributed by atoms with Crippen molar-refractivity contribution >= 4 is 11.8 Å². The average Bonchev–Trinajstić information content (AvgIpc) is 3.25. The minimum Gasteiger partial charge on any atom is -0.355 e. The van der Waals surface area contributed by atoms with E-state index in [0.29, 0.717) is 19.0 Å². The maximum atomic E-state index is 12.7. The highest BCUT2D eigenvalue weighted by Crippen LogP contribution is 2.24. The van der Waals surface area contributed by atoms with Gasteiger partial charge in [-0.3, -0.25) is 14.5 Å². The summed E-state index contributed by atoms with van der Waals surface area (Å²) >= 11 is 0. The molecule has 0 radical (unpaired) electrons. The highest BCUT2D eigenvalue weighted by molar-refractivity contribution is 5.82. The molecule has 5 N–H and O–H groups in total. The van der Waals surface area contributed by atoms with E-state index in [1.165, 1.54) is 5.56 Å². The van der Waals surface area contributed by atoms with E-state index in [4.69, 9.17) is 5.73 Å². The molecule has 0 aliphatic carbocycles. The van der Waals surface area contributed by atoms with Gasteiger partial charge in [0.1, 0.15) is 6.04 Å². The van der Waals surface area contributed by atoms with Crippen LogP contribution >= 0.6 is 0 Å². The molecule has 3 unspecified atom stereocenters. The van der Waals surface area contributed by atoms with Crippen molar-refractivity contribution in [3.63, 3.8) is 0 Å². The Morgan fingerprint density at radius 2 is 1.84 bits per heavy atom. The largest absolute Gasteiger partial charge is 0.355 e. The zero-order chi connectivity index (χ0) is 21.6. The number of carbonyl (C=O) groups excluding carboxylic acids is 2. The van der Waals surface area contributed by atoms with Crippen LogP contribution in [0.1, 0.15) is 37.7 Å². The lowest BCUT2D eigenvalue weighted by Crippen LogP contribution is -2.54. The van der Waals surface area contributed by atoms with Gasteiger partial charge in [-0.2, -0.15) is 0 Å². The van der Waals surface area contributed by atoms with E-state index in [1.807, 2.05) is 23.1 Å². The number of amides is 2. The molecule has 2 amide bonds. The quantitative estimate of drug-likeness (QED) is 0.516. The number of likely N-dealkylation sites (tertiary alicyclic amines) is 2. The summed E-state index contributed by atoms with van der Waals surface area (Å²) in [6, 6.07) is 10.5. The topological polar surface area (TPSA) is 103 Å². The second kappa shape index (κ2) is 10.5. The first kappa shape index (κ1) is 22.2. The van der Waals surface area contributed by atoms with Crippen LogP contribution in [-0.4, -0.2) is 72.6 Å². The van der Waals surface area contributed by atoms with Crippen molar-refractivity contribution in [1.82, 2.24) is 26.0 Å². The molecule has 1 aromatic carbocycles. The Kier molecular flexibility index (Phi) is 7.55. The smallest absolute Gasteiger partial charge is 0.241 e. The molecule has 3 heterocycles. The first-order valence-corrected chi connectivity index (χ1v) is 11.7. The van der Waals surface area contributed by atoms with Gasteiger partial charge in [0.2, 0.25) is 11.8 Å². The van der Waals surface area contributed by atoms with Crippen molar-refractivity contribution in [2.75, 3.05) is 32.7 Å². The van der Waals surface area contributed by atoms with Gasteiger partial charge in [0.25, 0.3) is 0 Å². The van der Waals surface area contributed by atoms with E-state index in [1.54, 1.807) is 0 Å². The van der Waals surface area contributed by atoms with E-state index in [9.17, 15) is 9.59 Å². The lowest BCUT2D eigenvalue weighted by atomic mass is 9.93. The number of nitrogens with one attached hydrogen (secondary N) is 3. The summed E-state index contributed by atoms with van der Waals surface area (Å²) in [6.45, 7) is 4.13. The maximum Gasteiger partial charge on any atom is 0.241 e. The Hall–Kier alpha value is -2.00. The fourth-order valence-corrected chi connectivity index (χ4v) is 5.08. The van der Waals surface area contributed by atoms with Gasteiger partial charge < -0.3 is 16.0 Å². The number of benzene rings is 1. The summed E-state index contributed by atoms with van der Waals surface area (Å²) in [5, 5.41) is 3.14. The molecule has 3 aliphatic rings. The van der Waals surface area contributed by atoms with Crippen molar-refractivity contribution in [3.05, 3.63) is 35.9 Å². The fourth-order valence-electron chi connectivity index (χ4n) is 5.08. The SMILES string of the molecule is NC1CC(C(=O)N2CCC(N3CCCC(C(=O)NCCc4ccccc4)C3)CC2)NN1. The average molecular weight is 429 g/mol. The zero-order valence-electron chi connectivity index (χ0n) is 18.3. The second-order valence-corrected chi connectivity index (χ2v) is 9.10. The third-order valence-electron chi connectivity index (χ3n) is 6.90. The van der Waals surface area contributed by atoms with E-state index in [-0.39, 0.29) is 29.9 Å². The highest BCUT2D eigenvalue weighted by atomic mass is 16.2. The molecule has 3 atom stereocenters. The third-order valence-corrected chi connectivity index (χ3v) is 6.90. The summed E-state index contributed by atoms with van der Waals surface area (Å²) < 4.78 is 0. The zero-order valence-corrected chi connectivity index (χ0v) is 18.3. The first-order chi connectivity index (χ1) is 15.1. The van der Waals surface area contributed by atoms with Gasteiger partial charge >= 0.3 is 0 Å². The number of rotatable bonds is 6. The Morgan fingerprint density at radius 3 is 2.55 bits per heavy atom. The summed E-state index contributed by atoms with van der Waals surface area (Å²) in [7, 11) is 0. The molecule has 8 heteroatoms. The van der Waals surface area contributed by atoms with Gasteiger partial charge in [0.15, 0.2) is 0 Å². The third kappa shape index (κ3) is 5.83. The molecule has 3 fully saturated rings. The Morgan fingerprint density at radius 1 is 1.06 bits per heavy atom. The predicted octanol–water partition coefficient (Wildman–Crippen LogP) is 0.200. The number of carbonyl (C=O) groups is 2. The van der Waals surface area contributed by atoms with Gasteiger partial charge in [-0.25, -0.2) is 10.9 Å². The molecular formula is C23H36N6O2. The fraction of sp³-hybridized carbons (Fsp3) is 0.652. The van der Waals surface area contributed by atoms with Crippen molar-refractivity contribution in [3.8, 4) is 0 Å². The predicted molar refractivity (Wildman–Crippen MR) is 120 cm³/mol. The van der Waals surface area contributed by atoms with Crippen LogP contribution < -0.4 is 21.9 Å². The molecule has 3 saturated heterocycles. The monoisotopic (exact) mass is 428 g/mol. The second-order valence-electron chi connectivity index (χ2n) is 9.10. The van der Waals surface area contributed by atoms with Crippen LogP contribution in [0, 0.1) is 5.92 Å². The van der Waals surface area contributed by atoms with Gasteiger partial charge in [-0.15, -0.1) is 0 Å². The first-order valence-electron chi connectivity index (χ1n) is 11.7. The minimum atomic E-state index is -0.217. The van der Waals surface area contributed by atoms with Crippen molar-refractivity contribution < 1.29 is 9.59 Å². The Labute approximate surface area is 184 Å². The molecule has 31 heavy (non-hydrogen) atoms. The van der Waals surface area contributed by atoms with Gasteiger partial charge in [0, 0.05) is 38.6 Å². The van der Waals surface area contributed by atoms with Crippen molar-refractivity contribution in [1.29, 1.82) is 0 Å². The Balaban J connectivity index is 1.20. The molecule has 4 rings (SSSR count). The van der Waals surface area contributed by atoms with E-state index in [0.717, 1.165) is 58.3 Å². The molecule has 0 bridgehead atoms. The lowest BCUT2D eigenvalue weighted by molar-refractivity contribution is -0.135. The molecule has 0 aromatic heterocycles. The van der Waals surface area contributed by atoms with Crippen LogP contribution in [0.2, 0.25) is 0 Å². The van der Waals surface area contributed by atoms with Crippen LogP contribution in [0.25, 0.3) is 0 Å².